The summed E-state index contributed by atoms with van der Waals surface area (Å²) in [5, 5.41) is 0.475. The van der Waals surface area contributed by atoms with E-state index in [4.69, 9.17) is 9.15 Å². The number of hydrogen-bond acceptors (Lipinski definition) is 4. The lowest BCUT2D eigenvalue weighted by molar-refractivity contribution is 0.0971. The Hall–Kier alpha value is -4.64. The van der Waals surface area contributed by atoms with Crippen molar-refractivity contribution in [2.75, 3.05) is 4.90 Å². The second-order valence-electron chi connectivity index (χ2n) is 9.94. The van der Waals surface area contributed by atoms with Crippen molar-refractivity contribution in [3.63, 3.8) is 0 Å². The highest BCUT2D eigenvalue weighted by atomic mass is 16.5. The molecule has 1 amide bonds. The summed E-state index contributed by atoms with van der Waals surface area (Å²) in [5.74, 6) is 1.07. The number of nitrogens with zero attached hydrogens (tertiary/aromatic N) is 1. The van der Waals surface area contributed by atoms with E-state index in [1.54, 1.807) is 4.90 Å². The monoisotopic (exact) mass is 501 g/mol. The predicted octanol–water partition coefficient (Wildman–Crippen LogP) is 7.57. The van der Waals surface area contributed by atoms with E-state index < -0.39 is 6.04 Å². The zero-order chi connectivity index (χ0) is 26.6. The number of carbonyl (C=O) groups excluding carboxylic acids is 1. The third-order valence-corrected chi connectivity index (χ3v) is 7.41. The first kappa shape index (κ1) is 23.7. The molecule has 0 aliphatic carbocycles. The average molecular weight is 502 g/mol. The highest BCUT2D eigenvalue weighted by molar-refractivity contribution is 6.10. The molecule has 2 heterocycles. The molecule has 0 saturated carbocycles. The summed E-state index contributed by atoms with van der Waals surface area (Å²) in [4.78, 5) is 29.6. The largest absolute Gasteiger partial charge is 0.457 e. The topological polar surface area (TPSA) is 59.8 Å². The van der Waals surface area contributed by atoms with E-state index in [9.17, 15) is 9.59 Å². The van der Waals surface area contributed by atoms with Crippen molar-refractivity contribution < 1.29 is 13.9 Å². The van der Waals surface area contributed by atoms with Crippen LogP contribution in [0.25, 0.3) is 11.0 Å². The van der Waals surface area contributed by atoms with Crippen LogP contribution in [0, 0.1) is 27.7 Å². The fourth-order valence-electron chi connectivity index (χ4n) is 5.06. The number of hydrogen-bond donors (Lipinski definition) is 0. The van der Waals surface area contributed by atoms with Crippen LogP contribution in [-0.2, 0) is 0 Å². The Morgan fingerprint density at radius 2 is 1.42 bits per heavy atom. The van der Waals surface area contributed by atoms with Crippen molar-refractivity contribution in [1.82, 2.24) is 0 Å². The van der Waals surface area contributed by atoms with E-state index >= 15 is 0 Å². The highest BCUT2D eigenvalue weighted by Gasteiger charge is 2.44. The van der Waals surface area contributed by atoms with Gasteiger partial charge in [0.05, 0.1) is 17.0 Å². The maximum Gasteiger partial charge on any atom is 0.295 e. The molecule has 0 bridgehead atoms. The van der Waals surface area contributed by atoms with E-state index in [0.717, 1.165) is 27.8 Å². The zero-order valence-electron chi connectivity index (χ0n) is 21.7. The number of aryl methyl sites for hydroxylation is 4. The summed E-state index contributed by atoms with van der Waals surface area (Å²) < 4.78 is 12.3. The summed E-state index contributed by atoms with van der Waals surface area (Å²) in [6.45, 7) is 7.98. The zero-order valence-corrected chi connectivity index (χ0v) is 21.7. The third-order valence-electron chi connectivity index (χ3n) is 7.41. The Bertz CT molecular complexity index is 1790. The minimum absolute atomic E-state index is 0.0864. The van der Waals surface area contributed by atoms with Crippen LogP contribution in [0.15, 0.2) is 94.1 Å². The van der Waals surface area contributed by atoms with Gasteiger partial charge in [0.1, 0.15) is 17.1 Å². The number of para-hydroxylation sites is 1. The normalized spacial score (nSPS) is 14.7. The van der Waals surface area contributed by atoms with Crippen molar-refractivity contribution in [2.24, 2.45) is 0 Å². The van der Waals surface area contributed by atoms with Crippen molar-refractivity contribution in [3.05, 3.63) is 134 Å². The Kier molecular flexibility index (Phi) is 5.64. The number of carbonyl (C=O) groups is 1. The van der Waals surface area contributed by atoms with Crippen LogP contribution in [0.1, 0.15) is 50.0 Å². The van der Waals surface area contributed by atoms with Crippen molar-refractivity contribution in [3.8, 4) is 11.5 Å². The van der Waals surface area contributed by atoms with Gasteiger partial charge in [0, 0.05) is 5.69 Å². The van der Waals surface area contributed by atoms with Gasteiger partial charge in [-0.15, -0.1) is 0 Å². The molecular weight excluding hydrogens is 474 g/mol. The Morgan fingerprint density at radius 1 is 0.711 bits per heavy atom. The molecule has 5 aromatic rings. The fraction of sp³-hybridized carbons (Fsp3) is 0.152. The van der Waals surface area contributed by atoms with Crippen LogP contribution in [0.5, 0.6) is 11.5 Å². The molecule has 1 aliphatic rings. The van der Waals surface area contributed by atoms with Crippen LogP contribution >= 0.6 is 0 Å². The molecule has 0 fully saturated rings. The van der Waals surface area contributed by atoms with E-state index in [1.165, 1.54) is 0 Å². The van der Waals surface area contributed by atoms with Gasteiger partial charge < -0.3 is 9.15 Å². The van der Waals surface area contributed by atoms with Crippen LogP contribution < -0.4 is 15.1 Å². The number of rotatable bonds is 4. The molecule has 38 heavy (non-hydrogen) atoms. The minimum atomic E-state index is -0.666. The van der Waals surface area contributed by atoms with Crippen LogP contribution in [0.3, 0.4) is 0 Å². The quantitative estimate of drug-likeness (QED) is 0.255. The smallest absolute Gasteiger partial charge is 0.295 e. The summed E-state index contributed by atoms with van der Waals surface area (Å²) in [5.41, 5.74) is 6.23. The average Bonchev–Trinajstić information content (AvgIpc) is 3.20. The summed E-state index contributed by atoms with van der Waals surface area (Å²) in [6, 6.07) is 26.0. The Morgan fingerprint density at radius 3 is 2.18 bits per heavy atom. The molecule has 6 rings (SSSR count). The number of anilines is 1. The van der Waals surface area contributed by atoms with Gasteiger partial charge in [-0.25, -0.2) is 0 Å². The molecule has 0 saturated heterocycles. The second kappa shape index (κ2) is 9.03. The molecule has 1 aliphatic heterocycles. The standard InChI is InChI=1S/C33H27NO4/c1-19-13-14-24(15-20(19)2)34-30(23-9-8-12-26(18-23)37-25-10-6-5-7-11-25)29-31(35)27-16-21(3)22(4)17-28(27)38-32(29)33(34)36/h5-18,30H,1-4H3. The fourth-order valence-corrected chi connectivity index (χ4v) is 5.06. The number of benzene rings is 4. The number of amides is 1. The van der Waals surface area contributed by atoms with Crippen LogP contribution in [-0.4, -0.2) is 5.91 Å². The van der Waals surface area contributed by atoms with Crippen molar-refractivity contribution in [2.45, 2.75) is 33.7 Å². The van der Waals surface area contributed by atoms with Gasteiger partial charge >= 0.3 is 0 Å². The van der Waals surface area contributed by atoms with Crippen molar-refractivity contribution in [1.29, 1.82) is 0 Å². The van der Waals surface area contributed by atoms with E-state index in [-0.39, 0.29) is 17.1 Å². The van der Waals surface area contributed by atoms with Gasteiger partial charge in [-0.05, 0) is 104 Å². The SMILES string of the molecule is Cc1ccc(N2C(=O)c3oc4cc(C)c(C)cc4c(=O)c3C2c2cccc(Oc3ccccc3)c2)cc1C. The van der Waals surface area contributed by atoms with Gasteiger partial charge in [0.25, 0.3) is 5.91 Å². The third kappa shape index (κ3) is 3.88. The number of ether oxygens (including phenoxy) is 1. The van der Waals surface area contributed by atoms with Crippen LogP contribution in [0.2, 0.25) is 0 Å². The highest BCUT2D eigenvalue weighted by Crippen LogP contribution is 2.42. The molecule has 0 N–H and O–H groups in total. The van der Waals surface area contributed by atoms with Crippen molar-refractivity contribution >= 4 is 22.6 Å². The lowest BCUT2D eigenvalue weighted by Crippen LogP contribution is -2.29. The molecule has 1 aromatic heterocycles. The summed E-state index contributed by atoms with van der Waals surface area (Å²) >= 11 is 0. The molecular formula is C33H27NO4. The maximum atomic E-state index is 14.0. The van der Waals surface area contributed by atoms with Gasteiger partial charge in [-0.3, -0.25) is 14.5 Å². The lowest BCUT2D eigenvalue weighted by atomic mass is 9.97. The second-order valence-corrected chi connectivity index (χ2v) is 9.94. The van der Waals surface area contributed by atoms with Gasteiger partial charge in [-0.2, -0.15) is 0 Å². The molecule has 0 radical (unpaired) electrons. The molecule has 0 spiro atoms. The summed E-state index contributed by atoms with van der Waals surface area (Å²) in [6.07, 6.45) is 0. The summed E-state index contributed by atoms with van der Waals surface area (Å²) in [7, 11) is 0. The molecule has 5 heteroatoms. The predicted molar refractivity (Wildman–Crippen MR) is 149 cm³/mol. The van der Waals surface area contributed by atoms with Gasteiger partial charge in [-0.1, -0.05) is 36.4 Å². The maximum absolute atomic E-state index is 14.0. The molecule has 1 atom stereocenters. The first-order chi connectivity index (χ1) is 18.3. The Labute approximate surface area is 220 Å². The van der Waals surface area contributed by atoms with Gasteiger partial charge in [0.15, 0.2) is 5.43 Å². The van der Waals surface area contributed by atoms with E-state index in [0.29, 0.717) is 33.7 Å². The molecule has 1 unspecified atom stereocenters. The minimum Gasteiger partial charge on any atom is -0.457 e. The lowest BCUT2D eigenvalue weighted by Gasteiger charge is -2.26. The molecule has 4 aromatic carbocycles. The van der Waals surface area contributed by atoms with E-state index in [2.05, 4.69) is 0 Å². The number of fused-ring (bicyclic) bond motifs is 2. The first-order valence-electron chi connectivity index (χ1n) is 12.6. The molecule has 5 nitrogen and oxygen atoms in total. The van der Waals surface area contributed by atoms with Gasteiger partial charge in [0.2, 0.25) is 5.76 Å². The first-order valence-corrected chi connectivity index (χ1v) is 12.6. The Balaban J connectivity index is 1.57. The van der Waals surface area contributed by atoms with E-state index in [1.807, 2.05) is 113 Å². The molecule has 188 valence electrons. The van der Waals surface area contributed by atoms with Crippen LogP contribution in [0.4, 0.5) is 5.69 Å².